The molecule has 0 radical (unpaired) electrons. The third-order valence-corrected chi connectivity index (χ3v) is 3.93. The largest absolute Gasteiger partial charge is 0.416 e. The smallest absolute Gasteiger partial charge is 0.292 e. The van der Waals surface area contributed by atoms with E-state index in [9.17, 15) is 18.0 Å². The molecule has 0 aliphatic carbocycles. The minimum Gasteiger partial charge on any atom is -0.292 e. The van der Waals surface area contributed by atoms with E-state index in [4.69, 9.17) is 0 Å². The molecule has 1 aliphatic rings. The van der Waals surface area contributed by atoms with Crippen LogP contribution in [-0.4, -0.2) is 29.3 Å². The van der Waals surface area contributed by atoms with Gasteiger partial charge in [-0.2, -0.15) is 13.2 Å². The van der Waals surface area contributed by atoms with E-state index in [-0.39, 0.29) is 5.78 Å². The summed E-state index contributed by atoms with van der Waals surface area (Å²) in [5, 5.41) is 0. The van der Waals surface area contributed by atoms with Crippen LogP contribution in [0, 0.1) is 0 Å². The van der Waals surface area contributed by atoms with Crippen LogP contribution in [0.3, 0.4) is 0 Å². The summed E-state index contributed by atoms with van der Waals surface area (Å²) in [5.41, 5.74) is -1.07. The molecular formula is C15H18F3NO. The van der Waals surface area contributed by atoms with Gasteiger partial charge in [0.15, 0.2) is 5.78 Å². The van der Waals surface area contributed by atoms with E-state index in [0.717, 1.165) is 38.1 Å². The first-order chi connectivity index (χ1) is 9.23. The summed E-state index contributed by atoms with van der Waals surface area (Å²) in [6.45, 7) is 5.38. The van der Waals surface area contributed by atoms with Crippen molar-refractivity contribution in [3.8, 4) is 0 Å². The molecular weight excluding hydrogens is 267 g/mol. The highest BCUT2D eigenvalue weighted by Crippen LogP contribution is 2.30. The Morgan fingerprint density at radius 3 is 2.00 bits per heavy atom. The summed E-state index contributed by atoms with van der Waals surface area (Å²) in [6.07, 6.45) is -2.25. The Hall–Kier alpha value is -1.36. The number of hydrogen-bond donors (Lipinski definition) is 0. The summed E-state index contributed by atoms with van der Waals surface area (Å²) in [6, 6.07) is 4.46. The van der Waals surface area contributed by atoms with Crippen molar-refractivity contribution in [3.63, 3.8) is 0 Å². The molecule has 0 spiro atoms. The number of likely N-dealkylation sites (tertiary alicyclic amines) is 1. The van der Waals surface area contributed by atoms with Gasteiger partial charge < -0.3 is 0 Å². The van der Waals surface area contributed by atoms with Crippen LogP contribution in [0.2, 0.25) is 0 Å². The number of halogens is 3. The van der Waals surface area contributed by atoms with Crippen LogP contribution in [0.5, 0.6) is 0 Å². The normalized spacial score (nSPS) is 17.4. The minimum atomic E-state index is -4.37. The highest BCUT2D eigenvalue weighted by molar-refractivity contribution is 6.02. The van der Waals surface area contributed by atoms with E-state index in [0.29, 0.717) is 5.56 Å². The molecule has 0 aromatic heterocycles. The number of ketones is 1. The quantitative estimate of drug-likeness (QED) is 0.788. The second kappa shape index (κ2) is 5.20. The van der Waals surface area contributed by atoms with E-state index in [2.05, 4.69) is 4.90 Å². The summed E-state index contributed by atoms with van der Waals surface area (Å²) < 4.78 is 37.5. The van der Waals surface area contributed by atoms with Crippen LogP contribution in [-0.2, 0) is 6.18 Å². The molecule has 0 amide bonds. The van der Waals surface area contributed by atoms with Crippen molar-refractivity contribution >= 4 is 5.78 Å². The predicted molar refractivity (Wildman–Crippen MR) is 70.7 cm³/mol. The zero-order valence-corrected chi connectivity index (χ0v) is 11.6. The number of carbonyl (C=O) groups excluding carboxylic acids is 1. The molecule has 0 saturated carbocycles. The van der Waals surface area contributed by atoms with Crippen molar-refractivity contribution in [1.29, 1.82) is 0 Å². The molecule has 1 aliphatic heterocycles. The Bertz CT molecular complexity index is 485. The molecule has 2 rings (SSSR count). The molecule has 0 atom stereocenters. The van der Waals surface area contributed by atoms with Crippen LogP contribution in [0.25, 0.3) is 0 Å². The Balaban J connectivity index is 2.20. The number of hydrogen-bond acceptors (Lipinski definition) is 2. The van der Waals surface area contributed by atoms with Gasteiger partial charge in [-0.1, -0.05) is 12.1 Å². The lowest BCUT2D eigenvalue weighted by molar-refractivity contribution is -0.137. The molecule has 0 N–H and O–H groups in total. The van der Waals surface area contributed by atoms with Crippen molar-refractivity contribution in [2.45, 2.75) is 38.4 Å². The van der Waals surface area contributed by atoms with Gasteiger partial charge in [0, 0.05) is 5.56 Å². The summed E-state index contributed by atoms with van der Waals surface area (Å²) in [4.78, 5) is 14.6. The van der Waals surface area contributed by atoms with Crippen molar-refractivity contribution in [2.75, 3.05) is 13.1 Å². The average Bonchev–Trinajstić information content (AvgIpc) is 2.91. The van der Waals surface area contributed by atoms with E-state index in [1.54, 1.807) is 0 Å². The van der Waals surface area contributed by atoms with Gasteiger partial charge in [-0.3, -0.25) is 9.69 Å². The number of Topliss-reactive ketones (excluding diaryl/α,β-unsaturated/α-hetero) is 1. The molecule has 110 valence electrons. The van der Waals surface area contributed by atoms with E-state index < -0.39 is 17.3 Å². The first-order valence-corrected chi connectivity index (χ1v) is 6.70. The zero-order chi connectivity index (χ0) is 15.0. The number of carbonyl (C=O) groups is 1. The maximum atomic E-state index is 12.5. The molecule has 1 fully saturated rings. The van der Waals surface area contributed by atoms with Crippen LogP contribution >= 0.6 is 0 Å². The molecule has 0 unspecified atom stereocenters. The van der Waals surface area contributed by atoms with Crippen molar-refractivity contribution < 1.29 is 18.0 Å². The summed E-state index contributed by atoms with van der Waals surface area (Å²) in [7, 11) is 0. The first-order valence-electron chi connectivity index (χ1n) is 6.70. The highest BCUT2D eigenvalue weighted by atomic mass is 19.4. The van der Waals surface area contributed by atoms with Crippen LogP contribution in [0.4, 0.5) is 13.2 Å². The second-order valence-electron chi connectivity index (χ2n) is 5.66. The average molecular weight is 285 g/mol. The monoisotopic (exact) mass is 285 g/mol. The Kier molecular flexibility index (Phi) is 3.91. The van der Waals surface area contributed by atoms with E-state index in [1.165, 1.54) is 12.1 Å². The minimum absolute atomic E-state index is 0.131. The van der Waals surface area contributed by atoms with E-state index in [1.807, 2.05) is 13.8 Å². The van der Waals surface area contributed by atoms with Gasteiger partial charge >= 0.3 is 6.18 Å². The van der Waals surface area contributed by atoms with Gasteiger partial charge in [-0.05, 0) is 51.9 Å². The Morgan fingerprint density at radius 2 is 1.55 bits per heavy atom. The molecule has 1 heterocycles. The van der Waals surface area contributed by atoms with Crippen molar-refractivity contribution in [3.05, 3.63) is 35.4 Å². The molecule has 0 bridgehead atoms. The lowest BCUT2D eigenvalue weighted by Gasteiger charge is -2.34. The number of alkyl halides is 3. The van der Waals surface area contributed by atoms with Gasteiger partial charge in [0.1, 0.15) is 0 Å². The predicted octanol–water partition coefficient (Wildman–Crippen LogP) is 3.76. The van der Waals surface area contributed by atoms with Gasteiger partial charge in [0.25, 0.3) is 0 Å². The van der Waals surface area contributed by atoms with Gasteiger partial charge in [0.05, 0.1) is 11.1 Å². The Labute approximate surface area is 116 Å². The van der Waals surface area contributed by atoms with Crippen LogP contribution in [0.1, 0.15) is 42.6 Å². The maximum absolute atomic E-state index is 12.5. The molecule has 1 aromatic rings. The van der Waals surface area contributed by atoms with Gasteiger partial charge in [0.2, 0.25) is 0 Å². The number of benzene rings is 1. The van der Waals surface area contributed by atoms with Crippen LogP contribution in [0.15, 0.2) is 24.3 Å². The summed E-state index contributed by atoms with van der Waals surface area (Å²) in [5.74, 6) is -0.131. The standard InChI is InChI=1S/C15H18F3NO/c1-14(2,19-9-3-4-10-19)13(20)11-5-7-12(8-6-11)15(16,17)18/h5-8H,3-4,9-10H2,1-2H3. The Morgan fingerprint density at radius 1 is 1.05 bits per heavy atom. The number of rotatable bonds is 3. The molecule has 1 saturated heterocycles. The SMILES string of the molecule is CC(C)(C(=O)c1ccc(C(F)(F)F)cc1)N1CCCC1. The highest BCUT2D eigenvalue weighted by Gasteiger charge is 2.37. The molecule has 20 heavy (non-hydrogen) atoms. The third kappa shape index (κ3) is 2.87. The topological polar surface area (TPSA) is 20.3 Å². The van der Waals surface area contributed by atoms with Crippen molar-refractivity contribution in [1.82, 2.24) is 4.90 Å². The first kappa shape index (κ1) is 15.0. The fraction of sp³-hybridized carbons (Fsp3) is 0.533. The fourth-order valence-corrected chi connectivity index (χ4v) is 2.58. The summed E-state index contributed by atoms with van der Waals surface area (Å²) >= 11 is 0. The molecule has 1 aromatic carbocycles. The fourth-order valence-electron chi connectivity index (χ4n) is 2.58. The molecule has 2 nitrogen and oxygen atoms in total. The van der Waals surface area contributed by atoms with Crippen molar-refractivity contribution in [2.24, 2.45) is 0 Å². The molecule has 5 heteroatoms. The maximum Gasteiger partial charge on any atom is 0.416 e. The second-order valence-corrected chi connectivity index (χ2v) is 5.66. The number of nitrogens with zero attached hydrogens (tertiary/aromatic N) is 1. The third-order valence-electron chi connectivity index (χ3n) is 3.93. The lowest BCUT2D eigenvalue weighted by Crippen LogP contribution is -2.48. The lowest BCUT2D eigenvalue weighted by atomic mass is 9.91. The van der Waals surface area contributed by atoms with E-state index >= 15 is 0 Å². The van der Waals surface area contributed by atoms with Gasteiger partial charge in [-0.25, -0.2) is 0 Å². The zero-order valence-electron chi connectivity index (χ0n) is 11.6. The van der Waals surface area contributed by atoms with Gasteiger partial charge in [-0.15, -0.1) is 0 Å². The van der Waals surface area contributed by atoms with Crippen LogP contribution < -0.4 is 0 Å².